The molecule has 3 unspecified atom stereocenters. The SMILES string of the molecule is OCCc1noc(C2CC3CCCCC3N2)n1. The molecule has 1 saturated heterocycles. The fraction of sp³-hybridized carbons (Fsp3) is 0.833. The van der Waals surface area contributed by atoms with E-state index in [9.17, 15) is 0 Å². The minimum atomic E-state index is 0.0717. The highest BCUT2D eigenvalue weighted by molar-refractivity contribution is 5.01. The molecule has 1 saturated carbocycles. The summed E-state index contributed by atoms with van der Waals surface area (Å²) >= 11 is 0. The highest BCUT2D eigenvalue weighted by Gasteiger charge is 2.37. The van der Waals surface area contributed by atoms with Crippen molar-refractivity contribution in [1.82, 2.24) is 15.5 Å². The van der Waals surface area contributed by atoms with Crippen LogP contribution in [0.2, 0.25) is 0 Å². The zero-order valence-electron chi connectivity index (χ0n) is 9.93. The quantitative estimate of drug-likeness (QED) is 0.826. The third-order valence-electron chi connectivity index (χ3n) is 3.98. The van der Waals surface area contributed by atoms with Crippen molar-refractivity contribution in [1.29, 1.82) is 0 Å². The van der Waals surface area contributed by atoms with Gasteiger partial charge in [0.05, 0.1) is 12.6 Å². The van der Waals surface area contributed by atoms with Crippen LogP contribution in [0.4, 0.5) is 0 Å². The number of rotatable bonds is 3. The molecule has 1 aromatic rings. The Morgan fingerprint density at radius 3 is 3.06 bits per heavy atom. The Kier molecular flexibility index (Phi) is 3.11. The van der Waals surface area contributed by atoms with Crippen LogP contribution in [0.1, 0.15) is 49.9 Å². The molecule has 2 fully saturated rings. The van der Waals surface area contributed by atoms with Crippen LogP contribution in [0.25, 0.3) is 0 Å². The van der Waals surface area contributed by atoms with Crippen molar-refractivity contribution in [2.45, 2.75) is 50.6 Å². The first-order chi connectivity index (χ1) is 8.36. The fourth-order valence-electron chi connectivity index (χ4n) is 3.12. The molecule has 0 radical (unpaired) electrons. The summed E-state index contributed by atoms with van der Waals surface area (Å²) in [6, 6.07) is 0.866. The van der Waals surface area contributed by atoms with E-state index in [0.717, 1.165) is 12.3 Å². The first-order valence-corrected chi connectivity index (χ1v) is 6.56. The molecule has 1 aromatic heterocycles. The minimum Gasteiger partial charge on any atom is -0.396 e. The number of nitrogens with zero attached hydrogens (tertiary/aromatic N) is 2. The van der Waals surface area contributed by atoms with Crippen LogP contribution in [0.3, 0.4) is 0 Å². The summed E-state index contributed by atoms with van der Waals surface area (Å²) in [4.78, 5) is 4.34. The highest BCUT2D eigenvalue weighted by Crippen LogP contribution is 2.38. The number of aromatic nitrogens is 2. The monoisotopic (exact) mass is 237 g/mol. The van der Waals surface area contributed by atoms with E-state index in [1.165, 1.54) is 25.7 Å². The second kappa shape index (κ2) is 4.74. The molecular weight excluding hydrogens is 218 g/mol. The molecule has 0 aromatic carbocycles. The molecule has 0 bridgehead atoms. The Morgan fingerprint density at radius 1 is 1.35 bits per heavy atom. The van der Waals surface area contributed by atoms with Crippen molar-refractivity contribution in [3.05, 3.63) is 11.7 Å². The van der Waals surface area contributed by atoms with Crippen LogP contribution in [-0.4, -0.2) is 27.9 Å². The molecule has 2 heterocycles. The van der Waals surface area contributed by atoms with Gasteiger partial charge in [-0.3, -0.25) is 0 Å². The van der Waals surface area contributed by atoms with Crippen LogP contribution in [0.5, 0.6) is 0 Å². The van der Waals surface area contributed by atoms with Crippen molar-refractivity contribution in [3.63, 3.8) is 0 Å². The maximum atomic E-state index is 8.83. The van der Waals surface area contributed by atoms with Gasteiger partial charge in [-0.05, 0) is 25.2 Å². The molecule has 3 atom stereocenters. The van der Waals surface area contributed by atoms with Gasteiger partial charge in [0.1, 0.15) is 0 Å². The molecule has 5 heteroatoms. The van der Waals surface area contributed by atoms with Gasteiger partial charge in [0.2, 0.25) is 5.89 Å². The van der Waals surface area contributed by atoms with Crippen LogP contribution in [0.15, 0.2) is 4.52 Å². The van der Waals surface area contributed by atoms with Gasteiger partial charge in [0.25, 0.3) is 0 Å². The molecule has 17 heavy (non-hydrogen) atoms. The van der Waals surface area contributed by atoms with E-state index in [1.54, 1.807) is 0 Å². The van der Waals surface area contributed by atoms with Crippen molar-refractivity contribution in [2.75, 3.05) is 6.61 Å². The van der Waals surface area contributed by atoms with E-state index in [4.69, 9.17) is 9.63 Å². The Labute approximate surface area is 101 Å². The number of fused-ring (bicyclic) bond motifs is 1. The van der Waals surface area contributed by atoms with Crippen LogP contribution < -0.4 is 5.32 Å². The molecule has 5 nitrogen and oxygen atoms in total. The van der Waals surface area contributed by atoms with Crippen molar-refractivity contribution in [3.8, 4) is 0 Å². The van der Waals surface area contributed by atoms with Crippen LogP contribution in [0, 0.1) is 5.92 Å². The maximum absolute atomic E-state index is 8.83. The summed E-state index contributed by atoms with van der Waals surface area (Å²) in [7, 11) is 0. The third-order valence-corrected chi connectivity index (χ3v) is 3.98. The predicted octanol–water partition coefficient (Wildman–Crippen LogP) is 1.20. The summed E-state index contributed by atoms with van der Waals surface area (Å²) < 4.78 is 5.27. The smallest absolute Gasteiger partial charge is 0.243 e. The predicted molar refractivity (Wildman–Crippen MR) is 61.3 cm³/mol. The van der Waals surface area contributed by atoms with Crippen molar-refractivity contribution in [2.24, 2.45) is 5.92 Å². The van der Waals surface area contributed by atoms with Gasteiger partial charge in [-0.15, -0.1) is 0 Å². The number of nitrogens with one attached hydrogen (secondary N) is 1. The molecule has 0 spiro atoms. The van der Waals surface area contributed by atoms with Gasteiger partial charge in [0, 0.05) is 12.5 Å². The normalized spacial score (nSPS) is 32.6. The van der Waals surface area contributed by atoms with Gasteiger partial charge in [0.15, 0.2) is 5.82 Å². The topological polar surface area (TPSA) is 71.2 Å². The molecule has 1 aliphatic carbocycles. The van der Waals surface area contributed by atoms with E-state index >= 15 is 0 Å². The largest absolute Gasteiger partial charge is 0.396 e. The van der Waals surface area contributed by atoms with E-state index in [-0.39, 0.29) is 12.6 Å². The highest BCUT2D eigenvalue weighted by atomic mass is 16.5. The lowest BCUT2D eigenvalue weighted by atomic mass is 9.85. The fourth-order valence-corrected chi connectivity index (χ4v) is 3.12. The molecule has 94 valence electrons. The van der Waals surface area contributed by atoms with Crippen LogP contribution in [-0.2, 0) is 6.42 Å². The second-order valence-corrected chi connectivity index (χ2v) is 5.13. The van der Waals surface area contributed by atoms with Gasteiger partial charge in [-0.2, -0.15) is 4.98 Å². The summed E-state index contributed by atoms with van der Waals surface area (Å²) in [6.07, 6.45) is 6.88. The van der Waals surface area contributed by atoms with E-state index in [0.29, 0.717) is 24.2 Å². The number of hydrogen-bond donors (Lipinski definition) is 2. The number of aliphatic hydroxyl groups is 1. The lowest BCUT2D eigenvalue weighted by Gasteiger charge is -2.24. The first-order valence-electron chi connectivity index (χ1n) is 6.56. The molecule has 2 N–H and O–H groups in total. The molecular formula is C12H19N3O2. The Morgan fingerprint density at radius 2 is 2.24 bits per heavy atom. The van der Waals surface area contributed by atoms with Gasteiger partial charge in [-0.1, -0.05) is 18.0 Å². The lowest BCUT2D eigenvalue weighted by molar-refractivity contribution is 0.291. The summed E-state index contributed by atoms with van der Waals surface area (Å²) in [5.41, 5.74) is 0. The number of hydrogen-bond acceptors (Lipinski definition) is 5. The zero-order chi connectivity index (χ0) is 11.7. The lowest BCUT2D eigenvalue weighted by Crippen LogP contribution is -2.30. The zero-order valence-corrected chi connectivity index (χ0v) is 9.93. The first kappa shape index (κ1) is 11.2. The van der Waals surface area contributed by atoms with E-state index in [2.05, 4.69) is 15.5 Å². The molecule has 1 aliphatic heterocycles. The average molecular weight is 237 g/mol. The second-order valence-electron chi connectivity index (χ2n) is 5.13. The Bertz CT molecular complexity index is 366. The minimum absolute atomic E-state index is 0.0717. The summed E-state index contributed by atoms with van der Waals surface area (Å²) in [6.45, 7) is 0.0717. The Hall–Kier alpha value is -0.940. The van der Waals surface area contributed by atoms with Gasteiger partial charge >= 0.3 is 0 Å². The van der Waals surface area contributed by atoms with Crippen molar-refractivity contribution < 1.29 is 9.63 Å². The molecule has 3 rings (SSSR count). The molecule has 2 aliphatic rings. The van der Waals surface area contributed by atoms with E-state index in [1.807, 2.05) is 0 Å². The average Bonchev–Trinajstić information content (AvgIpc) is 2.94. The van der Waals surface area contributed by atoms with Crippen LogP contribution >= 0.6 is 0 Å². The molecule has 0 amide bonds. The van der Waals surface area contributed by atoms with Gasteiger partial charge in [-0.25, -0.2) is 0 Å². The van der Waals surface area contributed by atoms with Crippen molar-refractivity contribution >= 4 is 0 Å². The van der Waals surface area contributed by atoms with E-state index < -0.39 is 0 Å². The summed E-state index contributed by atoms with van der Waals surface area (Å²) in [5, 5.41) is 16.3. The summed E-state index contributed by atoms with van der Waals surface area (Å²) in [5.74, 6) is 2.09. The Balaban J connectivity index is 1.68. The standard InChI is InChI=1S/C12H19N3O2/c16-6-5-11-14-12(17-15-11)10-7-8-3-1-2-4-9(8)13-10/h8-10,13,16H,1-7H2. The maximum Gasteiger partial charge on any atom is 0.243 e. The third kappa shape index (κ3) is 2.21. The number of aliphatic hydroxyl groups excluding tert-OH is 1. The van der Waals surface area contributed by atoms with Gasteiger partial charge < -0.3 is 14.9 Å².